The zero-order valence-electron chi connectivity index (χ0n) is 13.6. The van der Waals surface area contributed by atoms with E-state index in [-0.39, 0.29) is 5.91 Å². The fraction of sp³-hybridized carbons (Fsp3) is 0.333. The van der Waals surface area contributed by atoms with Gasteiger partial charge in [-0.1, -0.05) is 6.07 Å². The number of amides is 1. The second-order valence-electron chi connectivity index (χ2n) is 5.55. The molecule has 3 aromatic rings. The lowest BCUT2D eigenvalue weighted by molar-refractivity contribution is -0.121. The van der Waals surface area contributed by atoms with Crippen molar-refractivity contribution in [2.75, 3.05) is 6.54 Å². The summed E-state index contributed by atoms with van der Waals surface area (Å²) in [5, 5.41) is 8.29. The van der Waals surface area contributed by atoms with Gasteiger partial charge in [0.15, 0.2) is 0 Å². The molecule has 1 amide bonds. The highest BCUT2D eigenvalue weighted by molar-refractivity contribution is 7.16. The predicted molar refractivity (Wildman–Crippen MR) is 104 cm³/mol. The first-order valence-corrected chi connectivity index (χ1v) is 10.6. The molecular weight excluding hydrogens is 356 g/mol. The third-order valence-corrected chi connectivity index (χ3v) is 6.51. The number of aryl methyl sites for hydroxylation is 2. The zero-order chi connectivity index (χ0) is 16.8. The lowest BCUT2D eigenvalue weighted by atomic mass is 10.2. The quantitative estimate of drug-likeness (QED) is 0.606. The van der Waals surface area contributed by atoms with Crippen molar-refractivity contribution >= 4 is 39.9 Å². The molecule has 0 aromatic carbocycles. The van der Waals surface area contributed by atoms with Gasteiger partial charge in [-0.25, -0.2) is 4.98 Å². The summed E-state index contributed by atoms with van der Waals surface area (Å²) in [4.78, 5) is 20.2. The van der Waals surface area contributed by atoms with E-state index in [0.717, 1.165) is 30.0 Å². The van der Waals surface area contributed by atoms with Crippen molar-refractivity contribution in [2.45, 2.75) is 32.6 Å². The summed E-state index contributed by atoms with van der Waals surface area (Å²) >= 11 is 5.19. The highest BCUT2D eigenvalue weighted by Crippen LogP contribution is 2.29. The summed E-state index contributed by atoms with van der Waals surface area (Å²) in [6.45, 7) is 2.73. The summed E-state index contributed by atoms with van der Waals surface area (Å²) < 4.78 is 0. The molecule has 0 aliphatic carbocycles. The smallest absolute Gasteiger partial charge is 0.220 e. The molecule has 3 aromatic heterocycles. The molecule has 126 valence electrons. The van der Waals surface area contributed by atoms with Gasteiger partial charge in [0.25, 0.3) is 0 Å². The molecule has 0 aliphatic heterocycles. The van der Waals surface area contributed by atoms with Crippen LogP contribution < -0.4 is 5.32 Å². The SMILES string of the molecule is Cc1nc(-c2ccc(CCNC(=O)CCCc3cccs3)s2)cs1. The van der Waals surface area contributed by atoms with Gasteiger partial charge in [0.2, 0.25) is 5.91 Å². The van der Waals surface area contributed by atoms with Crippen molar-refractivity contribution in [3.63, 3.8) is 0 Å². The van der Waals surface area contributed by atoms with E-state index in [9.17, 15) is 4.79 Å². The number of nitrogens with zero attached hydrogens (tertiary/aromatic N) is 1. The lowest BCUT2D eigenvalue weighted by Crippen LogP contribution is -2.25. The molecule has 3 nitrogen and oxygen atoms in total. The molecule has 0 unspecified atom stereocenters. The summed E-state index contributed by atoms with van der Waals surface area (Å²) in [6, 6.07) is 8.44. The van der Waals surface area contributed by atoms with E-state index in [2.05, 4.69) is 45.3 Å². The number of carbonyl (C=O) groups excluding carboxylic acids is 1. The number of hydrogen-bond acceptors (Lipinski definition) is 5. The van der Waals surface area contributed by atoms with Gasteiger partial charge in [-0.15, -0.1) is 34.0 Å². The average Bonchev–Trinajstić information content (AvgIpc) is 3.28. The Morgan fingerprint density at radius 1 is 1.17 bits per heavy atom. The van der Waals surface area contributed by atoms with E-state index >= 15 is 0 Å². The normalized spacial score (nSPS) is 10.9. The molecule has 24 heavy (non-hydrogen) atoms. The summed E-state index contributed by atoms with van der Waals surface area (Å²) in [5.41, 5.74) is 1.06. The maximum absolute atomic E-state index is 11.9. The van der Waals surface area contributed by atoms with E-state index in [0.29, 0.717) is 13.0 Å². The Bertz CT molecular complexity index is 774. The Hall–Kier alpha value is -1.50. The molecule has 3 heterocycles. The fourth-order valence-electron chi connectivity index (χ4n) is 2.42. The van der Waals surface area contributed by atoms with Gasteiger partial charge in [-0.05, 0) is 49.8 Å². The van der Waals surface area contributed by atoms with Crippen molar-refractivity contribution in [1.29, 1.82) is 0 Å². The predicted octanol–water partition coefficient (Wildman–Crippen LogP) is 4.92. The van der Waals surface area contributed by atoms with Gasteiger partial charge in [-0.2, -0.15) is 0 Å². The lowest BCUT2D eigenvalue weighted by Gasteiger charge is -2.03. The summed E-state index contributed by atoms with van der Waals surface area (Å²) in [6.07, 6.45) is 3.39. The van der Waals surface area contributed by atoms with Crippen LogP contribution in [-0.2, 0) is 17.6 Å². The Morgan fingerprint density at radius 3 is 2.83 bits per heavy atom. The standard InChI is InChI=1S/C18H20N2OS3/c1-13-20-16(12-23-13)17-8-7-15(24-17)9-10-19-18(21)6-2-4-14-5-3-11-22-14/h3,5,7-8,11-12H,2,4,6,9-10H2,1H3,(H,19,21). The molecule has 0 saturated carbocycles. The molecule has 0 radical (unpaired) electrons. The average molecular weight is 377 g/mol. The number of carbonyl (C=O) groups is 1. The van der Waals surface area contributed by atoms with Crippen LogP contribution in [0.5, 0.6) is 0 Å². The van der Waals surface area contributed by atoms with Crippen molar-refractivity contribution in [1.82, 2.24) is 10.3 Å². The molecule has 0 atom stereocenters. The first-order valence-electron chi connectivity index (χ1n) is 8.01. The van der Waals surface area contributed by atoms with Crippen LogP contribution in [0.3, 0.4) is 0 Å². The zero-order valence-corrected chi connectivity index (χ0v) is 16.0. The van der Waals surface area contributed by atoms with Crippen molar-refractivity contribution in [2.24, 2.45) is 0 Å². The molecule has 0 saturated heterocycles. The van der Waals surface area contributed by atoms with Crippen LogP contribution in [0.25, 0.3) is 10.6 Å². The van der Waals surface area contributed by atoms with E-state index < -0.39 is 0 Å². The fourth-order valence-corrected chi connectivity index (χ4v) is 4.82. The van der Waals surface area contributed by atoms with Gasteiger partial charge in [0.1, 0.15) is 0 Å². The minimum Gasteiger partial charge on any atom is -0.356 e. The number of rotatable bonds is 8. The molecule has 0 bridgehead atoms. The number of thiazole rings is 1. The van der Waals surface area contributed by atoms with Crippen molar-refractivity contribution in [3.05, 3.63) is 49.8 Å². The maximum Gasteiger partial charge on any atom is 0.220 e. The van der Waals surface area contributed by atoms with Crippen LogP contribution in [0.15, 0.2) is 35.0 Å². The Balaban J connectivity index is 1.37. The Morgan fingerprint density at radius 2 is 2.08 bits per heavy atom. The molecule has 0 fully saturated rings. The number of nitrogens with one attached hydrogen (secondary N) is 1. The van der Waals surface area contributed by atoms with E-state index in [4.69, 9.17) is 0 Å². The molecular formula is C18H20N2OS3. The molecule has 0 spiro atoms. The monoisotopic (exact) mass is 376 g/mol. The van der Waals surface area contributed by atoms with E-state index in [1.807, 2.05) is 6.92 Å². The Kier molecular flexibility index (Phi) is 6.18. The minimum absolute atomic E-state index is 0.151. The van der Waals surface area contributed by atoms with Gasteiger partial charge >= 0.3 is 0 Å². The van der Waals surface area contributed by atoms with Gasteiger partial charge in [0.05, 0.1) is 15.6 Å². The van der Waals surface area contributed by atoms with Gasteiger partial charge in [0, 0.05) is 28.1 Å². The largest absolute Gasteiger partial charge is 0.356 e. The number of thiophene rings is 2. The first-order chi connectivity index (χ1) is 11.7. The number of aromatic nitrogens is 1. The number of hydrogen-bond donors (Lipinski definition) is 1. The van der Waals surface area contributed by atoms with Crippen LogP contribution in [0, 0.1) is 6.92 Å². The van der Waals surface area contributed by atoms with Crippen LogP contribution in [0.4, 0.5) is 0 Å². The molecule has 3 rings (SSSR count). The van der Waals surface area contributed by atoms with Gasteiger partial charge in [-0.3, -0.25) is 4.79 Å². The molecule has 0 aliphatic rings. The second-order valence-corrected chi connectivity index (χ2v) is 8.81. The highest BCUT2D eigenvalue weighted by Gasteiger charge is 2.07. The second kappa shape index (κ2) is 8.55. The maximum atomic E-state index is 11.9. The van der Waals surface area contributed by atoms with E-state index in [1.165, 1.54) is 14.6 Å². The van der Waals surface area contributed by atoms with Crippen LogP contribution >= 0.6 is 34.0 Å². The van der Waals surface area contributed by atoms with Crippen LogP contribution in [0.1, 0.15) is 27.6 Å². The van der Waals surface area contributed by atoms with Gasteiger partial charge < -0.3 is 5.32 Å². The van der Waals surface area contributed by atoms with Crippen molar-refractivity contribution < 1.29 is 4.79 Å². The third-order valence-electron chi connectivity index (χ3n) is 3.63. The summed E-state index contributed by atoms with van der Waals surface area (Å²) in [7, 11) is 0. The van der Waals surface area contributed by atoms with Crippen molar-refractivity contribution in [3.8, 4) is 10.6 Å². The molecule has 1 N–H and O–H groups in total. The highest BCUT2D eigenvalue weighted by atomic mass is 32.1. The topological polar surface area (TPSA) is 42.0 Å². The Labute approximate surface area is 154 Å². The third kappa shape index (κ3) is 5.00. The van der Waals surface area contributed by atoms with Crippen LogP contribution in [-0.4, -0.2) is 17.4 Å². The van der Waals surface area contributed by atoms with Crippen LogP contribution in [0.2, 0.25) is 0 Å². The summed E-state index contributed by atoms with van der Waals surface area (Å²) in [5.74, 6) is 0.151. The van der Waals surface area contributed by atoms with E-state index in [1.54, 1.807) is 34.0 Å². The molecule has 6 heteroatoms. The first kappa shape index (κ1) is 17.3. The minimum atomic E-state index is 0.151.